The molecule has 1 aromatic heterocycles. The van der Waals surface area contributed by atoms with Gasteiger partial charge in [0.2, 0.25) is 5.88 Å². The molecule has 0 aliphatic carbocycles. The standard InChI is InChI=1S/C21H18F3N3O4S2/c1-12-18(32-20(25-12)14-4-6-15(7-5-14)21(22,23)24)9-3-13-2-8-16(17(28)10-13)27-11-19(29)26-33(27,30)31/h2,4-8,10-11,26,28-29H,3,9H2,1H3. The number of nitrogens with one attached hydrogen (secondary N) is 1. The number of halogens is 3. The van der Waals surface area contributed by atoms with Crippen molar-refractivity contribution < 1.29 is 31.8 Å². The Morgan fingerprint density at radius 1 is 1.09 bits per heavy atom. The number of aliphatic hydroxyl groups excluding tert-OH is 1. The maximum Gasteiger partial charge on any atom is 0.416 e. The Labute approximate surface area is 191 Å². The summed E-state index contributed by atoms with van der Waals surface area (Å²) >= 11 is 1.39. The van der Waals surface area contributed by atoms with E-state index in [-0.39, 0.29) is 11.4 Å². The number of thiazole rings is 1. The molecule has 2 aromatic carbocycles. The molecule has 0 saturated heterocycles. The predicted octanol–water partition coefficient (Wildman–Crippen LogP) is 4.64. The lowest BCUT2D eigenvalue weighted by atomic mass is 10.1. The van der Waals surface area contributed by atoms with Crippen molar-refractivity contribution in [3.8, 4) is 16.3 Å². The van der Waals surface area contributed by atoms with Gasteiger partial charge in [-0.2, -0.15) is 21.6 Å². The highest BCUT2D eigenvalue weighted by Crippen LogP contribution is 2.35. The molecule has 7 nitrogen and oxygen atoms in total. The van der Waals surface area contributed by atoms with Crippen LogP contribution in [-0.4, -0.2) is 23.6 Å². The lowest BCUT2D eigenvalue weighted by molar-refractivity contribution is -0.137. The third-order valence-corrected chi connectivity index (χ3v) is 7.56. The molecule has 2 heterocycles. The van der Waals surface area contributed by atoms with Crippen LogP contribution in [0.4, 0.5) is 18.9 Å². The van der Waals surface area contributed by atoms with Crippen molar-refractivity contribution in [2.45, 2.75) is 25.9 Å². The van der Waals surface area contributed by atoms with Crippen LogP contribution in [0.25, 0.3) is 10.6 Å². The van der Waals surface area contributed by atoms with Gasteiger partial charge in [0.1, 0.15) is 16.4 Å². The number of nitrogens with zero attached hydrogens (tertiary/aromatic N) is 2. The Bertz CT molecular complexity index is 1330. The highest BCUT2D eigenvalue weighted by Gasteiger charge is 2.31. The molecule has 174 valence electrons. The molecule has 1 aliphatic rings. The third kappa shape index (κ3) is 4.76. The number of aryl methyl sites for hydroxylation is 3. The van der Waals surface area contributed by atoms with E-state index in [1.807, 2.05) is 11.6 Å². The van der Waals surface area contributed by atoms with Crippen LogP contribution in [0.5, 0.6) is 5.75 Å². The second-order valence-corrected chi connectivity index (χ2v) is 9.97. The van der Waals surface area contributed by atoms with E-state index >= 15 is 0 Å². The molecular weight excluding hydrogens is 479 g/mol. The van der Waals surface area contributed by atoms with Gasteiger partial charge in [-0.15, -0.1) is 11.3 Å². The van der Waals surface area contributed by atoms with Crippen molar-refractivity contribution >= 4 is 27.2 Å². The Kier molecular flexibility index (Phi) is 5.74. The second kappa shape index (κ2) is 8.27. The Morgan fingerprint density at radius 3 is 2.36 bits per heavy atom. The lowest BCUT2D eigenvalue weighted by Crippen LogP contribution is -2.29. The van der Waals surface area contributed by atoms with E-state index in [0.29, 0.717) is 23.4 Å². The van der Waals surface area contributed by atoms with Crippen molar-refractivity contribution in [2.24, 2.45) is 0 Å². The molecule has 0 spiro atoms. The van der Waals surface area contributed by atoms with Gasteiger partial charge in [0.25, 0.3) is 0 Å². The van der Waals surface area contributed by atoms with Crippen molar-refractivity contribution in [2.75, 3.05) is 4.31 Å². The third-order valence-electron chi connectivity index (χ3n) is 5.00. The SMILES string of the molecule is Cc1nc(-c2ccc(C(F)(F)F)cc2)sc1CCc1ccc(N2C=C(O)NS2(=O)=O)c(O)c1. The second-order valence-electron chi connectivity index (χ2n) is 7.34. The van der Waals surface area contributed by atoms with Crippen LogP contribution in [0.3, 0.4) is 0 Å². The summed E-state index contributed by atoms with van der Waals surface area (Å²) in [5, 5.41) is 20.3. The number of benzene rings is 2. The first-order valence-electron chi connectivity index (χ1n) is 9.63. The number of aliphatic hydroxyl groups is 1. The molecule has 0 saturated carbocycles. The minimum Gasteiger partial charge on any atom is -0.506 e. The highest BCUT2D eigenvalue weighted by atomic mass is 32.2. The molecule has 3 aromatic rings. The summed E-state index contributed by atoms with van der Waals surface area (Å²) in [4.78, 5) is 5.42. The summed E-state index contributed by atoms with van der Waals surface area (Å²) < 4.78 is 64.9. The number of aromatic hydroxyl groups is 1. The van der Waals surface area contributed by atoms with E-state index in [1.165, 1.54) is 35.6 Å². The number of hydrogen-bond donors (Lipinski definition) is 3. The minimum atomic E-state index is -4.39. The topological polar surface area (TPSA) is 103 Å². The summed E-state index contributed by atoms with van der Waals surface area (Å²) in [6.07, 6.45) is -2.34. The van der Waals surface area contributed by atoms with Gasteiger partial charge in [-0.25, -0.2) is 14.0 Å². The molecule has 33 heavy (non-hydrogen) atoms. The van der Waals surface area contributed by atoms with Gasteiger partial charge in [-0.1, -0.05) is 18.2 Å². The molecule has 4 rings (SSSR count). The van der Waals surface area contributed by atoms with E-state index in [9.17, 15) is 31.8 Å². The van der Waals surface area contributed by atoms with Crippen LogP contribution in [0.1, 0.15) is 21.7 Å². The monoisotopic (exact) mass is 497 g/mol. The van der Waals surface area contributed by atoms with Crippen molar-refractivity contribution in [1.29, 1.82) is 0 Å². The number of phenolic OH excluding ortho intramolecular Hbond substituents is 1. The van der Waals surface area contributed by atoms with Gasteiger partial charge >= 0.3 is 16.4 Å². The summed E-state index contributed by atoms with van der Waals surface area (Å²) in [6.45, 7) is 1.82. The zero-order valence-corrected chi connectivity index (χ0v) is 18.7. The molecule has 0 radical (unpaired) electrons. The predicted molar refractivity (Wildman–Crippen MR) is 118 cm³/mol. The fourth-order valence-corrected chi connectivity index (χ4v) is 5.48. The fourth-order valence-electron chi connectivity index (χ4n) is 3.34. The average Bonchev–Trinajstić information content (AvgIpc) is 3.23. The zero-order chi connectivity index (χ0) is 24.0. The average molecular weight is 498 g/mol. The molecule has 3 N–H and O–H groups in total. The maximum absolute atomic E-state index is 12.8. The molecule has 0 amide bonds. The van der Waals surface area contributed by atoms with Crippen LogP contribution < -0.4 is 9.03 Å². The van der Waals surface area contributed by atoms with E-state index < -0.39 is 27.8 Å². The van der Waals surface area contributed by atoms with E-state index in [1.54, 1.807) is 6.07 Å². The van der Waals surface area contributed by atoms with Crippen molar-refractivity contribution in [3.63, 3.8) is 0 Å². The Balaban J connectivity index is 1.48. The Hall–Kier alpha value is -3.25. The number of hydrogen-bond acceptors (Lipinski definition) is 6. The summed E-state index contributed by atoms with van der Waals surface area (Å²) in [7, 11) is -4.01. The van der Waals surface area contributed by atoms with E-state index in [0.717, 1.165) is 38.8 Å². The zero-order valence-electron chi connectivity index (χ0n) is 17.1. The molecule has 1 aliphatic heterocycles. The lowest BCUT2D eigenvalue weighted by Gasteiger charge is -2.16. The number of aromatic nitrogens is 1. The number of rotatable bonds is 5. The van der Waals surface area contributed by atoms with Crippen molar-refractivity contribution in [1.82, 2.24) is 9.71 Å². The number of anilines is 1. The maximum atomic E-state index is 12.8. The van der Waals surface area contributed by atoms with Crippen LogP contribution in [0.2, 0.25) is 0 Å². The first-order valence-corrected chi connectivity index (χ1v) is 11.9. The molecular formula is C21H18F3N3O4S2. The first kappa shape index (κ1) is 22.9. The normalized spacial score (nSPS) is 15.4. The quantitative estimate of drug-likeness (QED) is 0.477. The summed E-state index contributed by atoms with van der Waals surface area (Å²) in [6, 6.07) is 9.40. The van der Waals surface area contributed by atoms with Crippen LogP contribution in [0.15, 0.2) is 54.5 Å². The van der Waals surface area contributed by atoms with Gasteiger partial charge < -0.3 is 10.2 Å². The van der Waals surface area contributed by atoms with E-state index in [4.69, 9.17) is 0 Å². The highest BCUT2D eigenvalue weighted by molar-refractivity contribution is 7.91. The van der Waals surface area contributed by atoms with Gasteiger partial charge in [0, 0.05) is 10.4 Å². The van der Waals surface area contributed by atoms with Crippen LogP contribution >= 0.6 is 11.3 Å². The fraction of sp³-hybridized carbons (Fsp3) is 0.190. The van der Waals surface area contributed by atoms with Gasteiger partial charge in [-0.3, -0.25) is 0 Å². The molecule has 0 bridgehead atoms. The molecule has 0 atom stereocenters. The smallest absolute Gasteiger partial charge is 0.416 e. The number of phenols is 1. The first-order chi connectivity index (χ1) is 15.4. The van der Waals surface area contributed by atoms with Gasteiger partial charge in [0.15, 0.2) is 0 Å². The summed E-state index contributed by atoms with van der Waals surface area (Å²) in [5.41, 5.74) is 1.39. The molecule has 12 heteroatoms. The van der Waals surface area contributed by atoms with Crippen molar-refractivity contribution in [3.05, 3.63) is 76.2 Å². The molecule has 0 fully saturated rings. The van der Waals surface area contributed by atoms with E-state index in [2.05, 4.69) is 4.98 Å². The van der Waals surface area contributed by atoms with Crippen LogP contribution in [0, 0.1) is 6.92 Å². The van der Waals surface area contributed by atoms with Gasteiger partial charge in [0.05, 0.1) is 17.5 Å². The molecule has 0 unspecified atom stereocenters. The van der Waals surface area contributed by atoms with Gasteiger partial charge in [-0.05, 0) is 49.6 Å². The minimum absolute atomic E-state index is 0.00568. The Morgan fingerprint density at radius 2 is 1.79 bits per heavy atom. The largest absolute Gasteiger partial charge is 0.506 e. The number of alkyl halides is 3. The van der Waals surface area contributed by atoms with Crippen LogP contribution in [-0.2, 0) is 29.2 Å². The summed E-state index contributed by atoms with van der Waals surface area (Å²) in [5.74, 6) is -0.821.